The lowest BCUT2D eigenvalue weighted by Gasteiger charge is -2.42. The monoisotopic (exact) mass is 580 g/mol. The zero-order chi connectivity index (χ0) is 28.0. The molecule has 1 spiro atoms. The van der Waals surface area contributed by atoms with Crippen molar-refractivity contribution in [2.24, 2.45) is 16.1 Å². The van der Waals surface area contributed by atoms with E-state index in [1.54, 1.807) is 12.5 Å². The van der Waals surface area contributed by atoms with Crippen LogP contribution in [-0.2, 0) is 13.0 Å². The van der Waals surface area contributed by atoms with Gasteiger partial charge >= 0.3 is 0 Å². The number of halogens is 1. The molecule has 0 radical (unpaired) electrons. The topological polar surface area (TPSA) is 96.4 Å². The molecule has 1 aromatic carbocycles. The average molecular weight is 581 g/mol. The Bertz CT molecular complexity index is 1630. The van der Waals surface area contributed by atoms with Gasteiger partial charge < -0.3 is 15.5 Å². The van der Waals surface area contributed by atoms with Crippen molar-refractivity contribution in [2.45, 2.75) is 41.8 Å². The average Bonchev–Trinajstić information content (AvgIpc) is 3.28. The minimum atomic E-state index is 0.0452. The molecule has 3 aromatic heterocycles. The smallest absolute Gasteiger partial charge is 0.147 e. The third-order valence-corrected chi connectivity index (χ3v) is 9.97. The fourth-order valence-electron chi connectivity index (χ4n) is 6.14. The Morgan fingerprint density at radius 3 is 2.63 bits per heavy atom. The Morgan fingerprint density at radius 2 is 1.88 bits per heavy atom. The van der Waals surface area contributed by atoms with Crippen LogP contribution in [0.4, 0.5) is 11.5 Å². The van der Waals surface area contributed by atoms with Crippen LogP contribution < -0.4 is 10.6 Å². The summed E-state index contributed by atoms with van der Waals surface area (Å²) in [4.78, 5) is 28.1. The minimum Gasteiger partial charge on any atom is -0.355 e. The van der Waals surface area contributed by atoms with Gasteiger partial charge in [-0.3, -0.25) is 9.97 Å². The molecule has 8 nitrogen and oxygen atoms in total. The van der Waals surface area contributed by atoms with E-state index in [4.69, 9.17) is 27.3 Å². The van der Waals surface area contributed by atoms with Crippen molar-refractivity contribution in [1.29, 1.82) is 0 Å². The van der Waals surface area contributed by atoms with Crippen molar-refractivity contribution in [3.8, 4) is 0 Å². The molecule has 7 rings (SSSR count). The van der Waals surface area contributed by atoms with Crippen molar-refractivity contribution >= 4 is 46.9 Å². The number of aliphatic imine (C=N–C) groups is 1. The molecule has 1 aliphatic carbocycles. The molecule has 3 aliphatic rings. The number of aromatic nitrogens is 4. The Balaban J connectivity index is 1.02. The molecular formula is C31H29ClN8S. The van der Waals surface area contributed by atoms with E-state index >= 15 is 0 Å². The van der Waals surface area contributed by atoms with Crippen molar-refractivity contribution in [3.05, 3.63) is 101 Å². The van der Waals surface area contributed by atoms with E-state index in [1.807, 2.05) is 60.0 Å². The Hall–Kier alpha value is -3.79. The van der Waals surface area contributed by atoms with Crippen molar-refractivity contribution in [3.63, 3.8) is 0 Å². The molecular weight excluding hydrogens is 552 g/mol. The summed E-state index contributed by atoms with van der Waals surface area (Å²) in [5.74, 6) is 0.886. The molecule has 0 saturated carbocycles. The van der Waals surface area contributed by atoms with Crippen LogP contribution >= 0.6 is 23.4 Å². The molecule has 1 atom stereocenters. The maximum absolute atomic E-state index is 6.93. The molecule has 5 heterocycles. The van der Waals surface area contributed by atoms with Crippen LogP contribution in [0.2, 0.25) is 5.02 Å². The number of hydrogen-bond donors (Lipinski definition) is 1. The molecule has 1 fully saturated rings. The predicted molar refractivity (Wildman–Crippen MR) is 163 cm³/mol. The van der Waals surface area contributed by atoms with E-state index < -0.39 is 0 Å². The van der Waals surface area contributed by atoms with E-state index in [1.165, 1.54) is 17.3 Å². The number of rotatable bonds is 5. The van der Waals surface area contributed by atoms with E-state index in [0.717, 1.165) is 76.3 Å². The third-order valence-electron chi connectivity index (χ3n) is 8.48. The van der Waals surface area contributed by atoms with Crippen LogP contribution in [0.25, 0.3) is 5.70 Å². The Labute approximate surface area is 248 Å². The number of fused-ring (bicyclic) bond motifs is 2. The van der Waals surface area contributed by atoms with Gasteiger partial charge in [-0.25, -0.2) is 15.0 Å². The van der Waals surface area contributed by atoms with Gasteiger partial charge in [0.25, 0.3) is 0 Å². The summed E-state index contributed by atoms with van der Waals surface area (Å²) in [6.45, 7) is 6.74. The zero-order valence-corrected chi connectivity index (χ0v) is 24.0. The van der Waals surface area contributed by atoms with Crippen LogP contribution in [-0.4, -0.2) is 44.3 Å². The maximum Gasteiger partial charge on any atom is 0.147 e. The van der Waals surface area contributed by atoms with Gasteiger partial charge in [-0.05, 0) is 60.1 Å². The maximum atomic E-state index is 6.93. The number of pyridine rings is 2. The lowest BCUT2D eigenvalue weighted by Crippen LogP contribution is -2.44. The highest BCUT2D eigenvalue weighted by atomic mass is 35.5. The van der Waals surface area contributed by atoms with Gasteiger partial charge in [0.15, 0.2) is 0 Å². The zero-order valence-electron chi connectivity index (χ0n) is 22.4. The summed E-state index contributed by atoms with van der Waals surface area (Å²) in [6, 6.07) is 12.1. The number of hydrogen-bond acceptors (Lipinski definition) is 9. The van der Waals surface area contributed by atoms with Crippen molar-refractivity contribution < 1.29 is 0 Å². The summed E-state index contributed by atoms with van der Waals surface area (Å²) in [5.41, 5.74) is 12.7. The lowest BCUT2D eigenvalue weighted by atomic mass is 9.73. The van der Waals surface area contributed by atoms with Crippen LogP contribution in [0, 0.1) is 5.41 Å². The van der Waals surface area contributed by atoms with Crippen LogP contribution in [0.15, 0.2) is 88.9 Å². The molecule has 41 heavy (non-hydrogen) atoms. The van der Waals surface area contributed by atoms with Gasteiger partial charge in [0.2, 0.25) is 0 Å². The number of anilines is 1. The fraction of sp³-hybridized carbons (Fsp3) is 0.258. The second-order valence-corrected chi connectivity index (χ2v) is 12.3. The summed E-state index contributed by atoms with van der Waals surface area (Å²) >= 11 is 8.42. The highest BCUT2D eigenvalue weighted by molar-refractivity contribution is 7.99. The van der Waals surface area contributed by atoms with Crippen molar-refractivity contribution in [1.82, 2.24) is 24.8 Å². The molecule has 1 unspecified atom stereocenters. The van der Waals surface area contributed by atoms with Gasteiger partial charge in [-0.15, -0.1) is 0 Å². The van der Waals surface area contributed by atoms with E-state index in [-0.39, 0.29) is 11.5 Å². The van der Waals surface area contributed by atoms with Gasteiger partial charge in [-0.2, -0.15) is 0 Å². The molecule has 206 valence electrons. The fourth-order valence-corrected chi connectivity index (χ4v) is 7.29. The van der Waals surface area contributed by atoms with Gasteiger partial charge in [0, 0.05) is 59.6 Å². The summed E-state index contributed by atoms with van der Waals surface area (Å²) < 4.78 is 0. The van der Waals surface area contributed by atoms with Crippen molar-refractivity contribution in [2.75, 3.05) is 18.0 Å². The standard InChI is InChI=1S/C31H29ClN8S/c1-20-28-23(38-19-40(20)18-21-4-2-10-34-15-21)6-7-25(29(28)32)41-27-17-36-26(16-37-27)39-12-8-31(9-13-39)14-24-22(30(31)33)5-3-11-35-24/h2-7,10-11,15-17,19,30H,1,8-9,12-14,18,33H2. The third kappa shape index (κ3) is 4.77. The largest absolute Gasteiger partial charge is 0.355 e. The minimum absolute atomic E-state index is 0.0452. The van der Waals surface area contributed by atoms with E-state index in [9.17, 15) is 0 Å². The number of piperidine rings is 1. The van der Waals surface area contributed by atoms with E-state index in [0.29, 0.717) is 11.6 Å². The SMILES string of the molecule is C=C1c2c(ccc(Sc3cnc(N4CCC5(CC4)Cc4ncccc4C5N)cn3)c2Cl)N=CN1Cc1cccnc1. The molecule has 0 amide bonds. The van der Waals surface area contributed by atoms with E-state index in [2.05, 4.69) is 32.5 Å². The number of nitrogens with two attached hydrogens (primary N) is 1. The van der Waals surface area contributed by atoms with Crippen LogP contribution in [0.1, 0.15) is 41.3 Å². The Kier molecular flexibility index (Phi) is 6.73. The Morgan fingerprint density at radius 1 is 1.02 bits per heavy atom. The highest BCUT2D eigenvalue weighted by Gasteiger charge is 2.46. The highest BCUT2D eigenvalue weighted by Crippen LogP contribution is 2.50. The molecule has 2 N–H and O–H groups in total. The summed E-state index contributed by atoms with van der Waals surface area (Å²) in [6.07, 6.45) is 13.9. The first-order valence-electron chi connectivity index (χ1n) is 13.7. The van der Waals surface area contributed by atoms with Gasteiger partial charge in [0.05, 0.1) is 36.0 Å². The van der Waals surface area contributed by atoms with Gasteiger partial charge in [-0.1, -0.05) is 42.1 Å². The lowest BCUT2D eigenvalue weighted by molar-refractivity contribution is 0.186. The van der Waals surface area contributed by atoms with Crippen LogP contribution in [0.5, 0.6) is 0 Å². The second kappa shape index (κ2) is 10.6. The molecule has 0 bridgehead atoms. The second-order valence-electron chi connectivity index (χ2n) is 10.8. The molecule has 4 aromatic rings. The number of nitrogens with zero attached hydrogens (tertiary/aromatic N) is 7. The summed E-state index contributed by atoms with van der Waals surface area (Å²) in [7, 11) is 0. The molecule has 1 saturated heterocycles. The molecule has 2 aliphatic heterocycles. The van der Waals surface area contributed by atoms with Gasteiger partial charge in [0.1, 0.15) is 10.8 Å². The quantitative estimate of drug-likeness (QED) is 0.304. The first kappa shape index (κ1) is 26.1. The van der Waals surface area contributed by atoms with Crippen LogP contribution in [0.3, 0.4) is 0 Å². The number of benzene rings is 1. The predicted octanol–water partition coefficient (Wildman–Crippen LogP) is 6.06. The normalized spacial score (nSPS) is 19.0. The first-order valence-corrected chi connectivity index (χ1v) is 14.9. The summed E-state index contributed by atoms with van der Waals surface area (Å²) in [5, 5.41) is 1.39. The molecule has 10 heteroatoms. The first-order chi connectivity index (χ1) is 20.0.